The molecule has 2 atom stereocenters. The van der Waals surface area contributed by atoms with Crippen molar-refractivity contribution >= 4 is 21.6 Å². The molecular formula is C29H61N3O2S2. The molecule has 1 rings (SSSR count). The number of piperazine rings is 1. The number of aliphatic hydroxyl groups is 2. The molecule has 0 radical (unpaired) electrons. The van der Waals surface area contributed by atoms with Crippen LogP contribution >= 0.6 is 21.6 Å². The van der Waals surface area contributed by atoms with Crippen molar-refractivity contribution < 1.29 is 10.2 Å². The topological polar surface area (TPSA) is 59.0 Å². The third-order valence-corrected chi connectivity index (χ3v) is 9.68. The van der Waals surface area contributed by atoms with E-state index in [-0.39, 0.29) is 12.2 Å². The summed E-state index contributed by atoms with van der Waals surface area (Å²) in [5.74, 6) is 2.41. The van der Waals surface area contributed by atoms with E-state index in [0.717, 1.165) is 51.7 Å². The molecule has 1 saturated heterocycles. The maximum atomic E-state index is 10.7. The summed E-state index contributed by atoms with van der Waals surface area (Å²) in [7, 11) is 4.03. The molecule has 0 aliphatic carbocycles. The second kappa shape index (κ2) is 25.8. The van der Waals surface area contributed by atoms with Gasteiger partial charge in [0.05, 0.1) is 12.2 Å². The van der Waals surface area contributed by atoms with Crippen LogP contribution in [0.3, 0.4) is 0 Å². The van der Waals surface area contributed by atoms with Crippen LogP contribution in [0.25, 0.3) is 0 Å². The van der Waals surface area contributed by atoms with Crippen LogP contribution in [0, 0.1) is 0 Å². The minimum atomic E-state index is -0.261. The first-order valence-electron chi connectivity index (χ1n) is 15.4. The van der Waals surface area contributed by atoms with Crippen LogP contribution in [0.2, 0.25) is 0 Å². The molecule has 1 aliphatic rings. The second-order valence-electron chi connectivity index (χ2n) is 10.8. The van der Waals surface area contributed by atoms with E-state index in [2.05, 4.69) is 29.0 Å². The van der Waals surface area contributed by atoms with Crippen LogP contribution in [-0.2, 0) is 0 Å². The summed E-state index contributed by atoms with van der Waals surface area (Å²) in [4.78, 5) is 4.91. The molecule has 0 amide bonds. The molecule has 2 unspecified atom stereocenters. The molecule has 0 aromatic carbocycles. The van der Waals surface area contributed by atoms with Crippen LogP contribution in [0.4, 0.5) is 0 Å². The fraction of sp³-hybridized carbons (Fsp3) is 1.00. The average Bonchev–Trinajstić information content (AvgIpc) is 2.88. The first-order chi connectivity index (χ1) is 17.7. The number of rotatable bonds is 26. The highest BCUT2D eigenvalue weighted by atomic mass is 33.1. The highest BCUT2D eigenvalue weighted by Crippen LogP contribution is 2.22. The van der Waals surface area contributed by atoms with Gasteiger partial charge in [-0.3, -0.25) is 9.80 Å². The van der Waals surface area contributed by atoms with Gasteiger partial charge in [0.25, 0.3) is 0 Å². The maximum Gasteiger partial charge on any atom is 0.0667 e. The quantitative estimate of drug-likeness (QED) is 0.0882. The highest BCUT2D eigenvalue weighted by molar-refractivity contribution is 8.76. The van der Waals surface area contributed by atoms with Gasteiger partial charge in [-0.2, -0.15) is 0 Å². The maximum absolute atomic E-state index is 10.7. The molecule has 0 saturated carbocycles. The molecule has 0 aromatic rings. The molecule has 0 spiro atoms. The van der Waals surface area contributed by atoms with Gasteiger partial charge in [0, 0.05) is 57.3 Å². The molecule has 3 N–H and O–H groups in total. The zero-order valence-corrected chi connectivity index (χ0v) is 25.6. The van der Waals surface area contributed by atoms with Gasteiger partial charge in [-0.1, -0.05) is 106 Å². The minimum absolute atomic E-state index is 0.261. The smallest absolute Gasteiger partial charge is 0.0667 e. The number of aliphatic hydroxyl groups excluding tert-OH is 2. The molecule has 0 bridgehead atoms. The van der Waals surface area contributed by atoms with E-state index in [0.29, 0.717) is 13.1 Å². The SMILES string of the molecule is CCCCCCCCC(O)CN(CCCCSSCCN1CCNCC1)CC(O)CCCCCCC. The zero-order valence-electron chi connectivity index (χ0n) is 23.9. The molecule has 1 aliphatic heterocycles. The van der Waals surface area contributed by atoms with Gasteiger partial charge in [0.15, 0.2) is 0 Å². The Hall–Kier alpha value is 0.500. The Morgan fingerprint density at radius 2 is 1.22 bits per heavy atom. The van der Waals surface area contributed by atoms with E-state index in [4.69, 9.17) is 0 Å². The minimum Gasteiger partial charge on any atom is -0.392 e. The predicted molar refractivity (Wildman–Crippen MR) is 163 cm³/mol. The van der Waals surface area contributed by atoms with E-state index < -0.39 is 0 Å². The summed E-state index contributed by atoms with van der Waals surface area (Å²) in [6, 6.07) is 0. The largest absolute Gasteiger partial charge is 0.392 e. The van der Waals surface area contributed by atoms with E-state index in [1.54, 1.807) is 0 Å². The second-order valence-corrected chi connectivity index (χ2v) is 13.5. The Morgan fingerprint density at radius 3 is 1.81 bits per heavy atom. The van der Waals surface area contributed by atoms with Crippen molar-refractivity contribution in [2.45, 2.75) is 122 Å². The third kappa shape index (κ3) is 21.4. The molecule has 7 heteroatoms. The van der Waals surface area contributed by atoms with Gasteiger partial charge < -0.3 is 15.5 Å². The molecule has 1 heterocycles. The summed E-state index contributed by atoms with van der Waals surface area (Å²) in [5, 5.41) is 24.8. The van der Waals surface area contributed by atoms with Crippen LogP contribution in [0.1, 0.15) is 110 Å². The number of unbranched alkanes of at least 4 members (excludes halogenated alkanes) is 10. The van der Waals surface area contributed by atoms with Gasteiger partial charge in [-0.05, 0) is 32.2 Å². The zero-order chi connectivity index (χ0) is 26.1. The summed E-state index contributed by atoms with van der Waals surface area (Å²) in [5.41, 5.74) is 0. The molecule has 36 heavy (non-hydrogen) atoms. The van der Waals surface area contributed by atoms with Gasteiger partial charge in [0.1, 0.15) is 0 Å². The molecule has 5 nitrogen and oxygen atoms in total. The van der Waals surface area contributed by atoms with E-state index in [9.17, 15) is 10.2 Å². The first kappa shape index (κ1) is 34.5. The lowest BCUT2D eigenvalue weighted by molar-refractivity contribution is 0.0599. The monoisotopic (exact) mass is 547 g/mol. The Morgan fingerprint density at radius 1 is 0.694 bits per heavy atom. The van der Waals surface area contributed by atoms with Crippen molar-refractivity contribution in [1.82, 2.24) is 15.1 Å². The predicted octanol–water partition coefficient (Wildman–Crippen LogP) is 6.19. The molecule has 1 fully saturated rings. The van der Waals surface area contributed by atoms with Crippen molar-refractivity contribution in [2.24, 2.45) is 0 Å². The fourth-order valence-electron chi connectivity index (χ4n) is 4.89. The number of hydrogen-bond acceptors (Lipinski definition) is 7. The fourth-order valence-corrected chi connectivity index (χ4v) is 7.07. The summed E-state index contributed by atoms with van der Waals surface area (Å²) in [6.07, 6.45) is 17.4. The van der Waals surface area contributed by atoms with Gasteiger partial charge in [0.2, 0.25) is 0 Å². The lowest BCUT2D eigenvalue weighted by atomic mass is 10.1. The Balaban J connectivity index is 2.22. The lowest BCUT2D eigenvalue weighted by Gasteiger charge is -2.27. The summed E-state index contributed by atoms with van der Waals surface area (Å²) >= 11 is 0. The van der Waals surface area contributed by atoms with Gasteiger partial charge in [-0.25, -0.2) is 0 Å². The lowest BCUT2D eigenvalue weighted by Crippen LogP contribution is -2.44. The number of nitrogens with zero attached hydrogens (tertiary/aromatic N) is 2. The van der Waals surface area contributed by atoms with Gasteiger partial charge in [-0.15, -0.1) is 0 Å². The van der Waals surface area contributed by atoms with Crippen LogP contribution < -0.4 is 5.32 Å². The van der Waals surface area contributed by atoms with E-state index in [1.807, 2.05) is 21.6 Å². The first-order valence-corrected chi connectivity index (χ1v) is 17.9. The standard InChI is InChI=1S/C29H61N3O2S2/c1-3-5-7-9-11-13-17-29(34)27-32(26-28(33)16-12-10-8-6-4-2)20-14-15-24-35-36-25-23-31-21-18-30-19-22-31/h28-30,33-34H,3-27H2,1-2H3. The van der Waals surface area contributed by atoms with E-state index >= 15 is 0 Å². The van der Waals surface area contributed by atoms with Crippen LogP contribution in [0.5, 0.6) is 0 Å². The van der Waals surface area contributed by atoms with E-state index in [1.165, 1.54) is 95.3 Å². The third-order valence-electron chi connectivity index (χ3n) is 7.21. The van der Waals surface area contributed by atoms with Crippen LogP contribution in [-0.4, -0.2) is 96.1 Å². The molecule has 216 valence electrons. The highest BCUT2D eigenvalue weighted by Gasteiger charge is 2.16. The summed E-state index contributed by atoms with van der Waals surface area (Å²) in [6.45, 7) is 12.8. The Labute approximate surface area is 232 Å². The molecular weight excluding hydrogens is 486 g/mol. The van der Waals surface area contributed by atoms with Gasteiger partial charge >= 0.3 is 0 Å². The van der Waals surface area contributed by atoms with Crippen molar-refractivity contribution in [2.75, 3.05) is 63.9 Å². The average molecular weight is 548 g/mol. The Kier molecular flexibility index (Phi) is 24.7. The number of nitrogens with one attached hydrogen (secondary N) is 1. The van der Waals surface area contributed by atoms with Crippen LogP contribution in [0.15, 0.2) is 0 Å². The van der Waals surface area contributed by atoms with Crippen molar-refractivity contribution in [3.63, 3.8) is 0 Å². The van der Waals surface area contributed by atoms with Crippen molar-refractivity contribution in [3.05, 3.63) is 0 Å². The summed E-state index contributed by atoms with van der Waals surface area (Å²) < 4.78 is 0. The van der Waals surface area contributed by atoms with Crippen molar-refractivity contribution in [1.29, 1.82) is 0 Å². The number of hydrogen-bond donors (Lipinski definition) is 3. The Bertz CT molecular complexity index is 456. The normalized spacial score (nSPS) is 16.6. The molecule has 0 aromatic heterocycles. The van der Waals surface area contributed by atoms with Crippen molar-refractivity contribution in [3.8, 4) is 0 Å².